The third-order valence-electron chi connectivity index (χ3n) is 3.56. The zero-order chi connectivity index (χ0) is 15.9. The van der Waals surface area contributed by atoms with Gasteiger partial charge in [0.1, 0.15) is 5.75 Å². The zero-order valence-corrected chi connectivity index (χ0v) is 13.4. The highest BCUT2D eigenvalue weighted by molar-refractivity contribution is 5.92. The molecule has 2 aromatic rings. The van der Waals surface area contributed by atoms with Crippen LogP contribution in [0.2, 0.25) is 0 Å². The van der Waals surface area contributed by atoms with Crippen LogP contribution in [0.3, 0.4) is 0 Å². The van der Waals surface area contributed by atoms with Crippen LogP contribution < -0.4 is 10.1 Å². The maximum Gasteiger partial charge on any atom is 0.262 e. The first-order valence-corrected chi connectivity index (χ1v) is 7.70. The average molecular weight is 297 g/mol. The van der Waals surface area contributed by atoms with E-state index < -0.39 is 0 Å². The second-order valence-corrected chi connectivity index (χ2v) is 5.58. The number of carbonyl (C=O) groups is 1. The summed E-state index contributed by atoms with van der Waals surface area (Å²) in [4.78, 5) is 12.0. The number of amides is 1. The topological polar surface area (TPSA) is 38.3 Å². The lowest BCUT2D eigenvalue weighted by Crippen LogP contribution is -2.21. The molecule has 22 heavy (non-hydrogen) atoms. The molecule has 0 saturated heterocycles. The van der Waals surface area contributed by atoms with Gasteiger partial charge in [-0.05, 0) is 41.7 Å². The highest BCUT2D eigenvalue weighted by Gasteiger charge is 2.09. The van der Waals surface area contributed by atoms with E-state index in [0.717, 1.165) is 17.7 Å². The van der Waals surface area contributed by atoms with Crippen molar-refractivity contribution in [2.75, 3.05) is 11.9 Å². The molecule has 0 heterocycles. The van der Waals surface area contributed by atoms with Crippen molar-refractivity contribution in [2.45, 2.75) is 33.1 Å². The predicted octanol–water partition coefficient (Wildman–Crippen LogP) is 4.39. The summed E-state index contributed by atoms with van der Waals surface area (Å²) in [5, 5.41) is 2.92. The van der Waals surface area contributed by atoms with Crippen molar-refractivity contribution in [2.24, 2.45) is 0 Å². The van der Waals surface area contributed by atoms with Crippen LogP contribution in [-0.2, 0) is 11.2 Å². The molecule has 0 bridgehead atoms. The van der Waals surface area contributed by atoms with Crippen LogP contribution in [0.4, 0.5) is 5.69 Å². The molecule has 0 spiro atoms. The van der Waals surface area contributed by atoms with E-state index in [9.17, 15) is 4.79 Å². The van der Waals surface area contributed by atoms with Crippen molar-refractivity contribution in [3.05, 3.63) is 59.7 Å². The maximum atomic E-state index is 12.0. The van der Waals surface area contributed by atoms with Gasteiger partial charge in [0, 0.05) is 5.69 Å². The molecule has 3 nitrogen and oxygen atoms in total. The van der Waals surface area contributed by atoms with Gasteiger partial charge in [-0.25, -0.2) is 0 Å². The normalized spacial score (nSPS) is 10.5. The largest absolute Gasteiger partial charge is 0.484 e. The van der Waals surface area contributed by atoms with E-state index in [1.165, 1.54) is 5.56 Å². The summed E-state index contributed by atoms with van der Waals surface area (Å²) in [6.45, 7) is 6.33. The van der Waals surface area contributed by atoms with Gasteiger partial charge < -0.3 is 10.1 Å². The van der Waals surface area contributed by atoms with E-state index in [-0.39, 0.29) is 12.5 Å². The van der Waals surface area contributed by atoms with E-state index in [4.69, 9.17) is 4.74 Å². The van der Waals surface area contributed by atoms with Crippen molar-refractivity contribution in [3.63, 3.8) is 0 Å². The molecule has 0 aliphatic rings. The van der Waals surface area contributed by atoms with Gasteiger partial charge in [0.15, 0.2) is 6.61 Å². The Morgan fingerprint density at radius 2 is 1.77 bits per heavy atom. The number of ether oxygens (including phenoxy) is 1. The molecule has 0 aliphatic carbocycles. The van der Waals surface area contributed by atoms with Crippen molar-refractivity contribution in [1.82, 2.24) is 0 Å². The Labute approximate surface area is 132 Å². The van der Waals surface area contributed by atoms with Crippen LogP contribution in [-0.4, -0.2) is 12.5 Å². The quantitative estimate of drug-likeness (QED) is 0.858. The fourth-order valence-electron chi connectivity index (χ4n) is 2.27. The van der Waals surface area contributed by atoms with Crippen molar-refractivity contribution in [3.8, 4) is 5.75 Å². The minimum Gasteiger partial charge on any atom is -0.484 e. The van der Waals surface area contributed by atoms with Crippen LogP contribution in [0.5, 0.6) is 5.75 Å². The van der Waals surface area contributed by atoms with E-state index in [1.54, 1.807) is 0 Å². The summed E-state index contributed by atoms with van der Waals surface area (Å²) in [5.74, 6) is 0.927. The maximum absolute atomic E-state index is 12.0. The molecule has 0 unspecified atom stereocenters. The van der Waals surface area contributed by atoms with Gasteiger partial charge in [-0.2, -0.15) is 0 Å². The summed E-state index contributed by atoms with van der Waals surface area (Å²) < 4.78 is 5.53. The first kappa shape index (κ1) is 16.1. The summed E-state index contributed by atoms with van der Waals surface area (Å²) in [7, 11) is 0. The lowest BCUT2D eigenvalue weighted by molar-refractivity contribution is -0.118. The fourth-order valence-corrected chi connectivity index (χ4v) is 2.27. The Bertz CT molecular complexity index is 618. The van der Waals surface area contributed by atoms with Crippen molar-refractivity contribution < 1.29 is 9.53 Å². The highest BCUT2D eigenvalue weighted by atomic mass is 16.5. The molecule has 2 aromatic carbocycles. The molecule has 3 heteroatoms. The van der Waals surface area contributed by atoms with Gasteiger partial charge in [-0.3, -0.25) is 4.79 Å². The van der Waals surface area contributed by atoms with Gasteiger partial charge in [-0.1, -0.05) is 51.1 Å². The fraction of sp³-hybridized carbons (Fsp3) is 0.316. The number of nitrogens with one attached hydrogen (secondary N) is 1. The Balaban J connectivity index is 1.93. The molecule has 0 aromatic heterocycles. The third-order valence-corrected chi connectivity index (χ3v) is 3.56. The standard InChI is InChI=1S/C19H23NO2/c1-4-15-9-11-16(12-10-15)22-13-19(21)20-18-8-6-5-7-17(18)14(2)3/h5-12,14H,4,13H2,1-3H3,(H,20,21). The Morgan fingerprint density at radius 1 is 1.09 bits per heavy atom. The number of aryl methyl sites for hydroxylation is 1. The van der Waals surface area contributed by atoms with E-state index in [1.807, 2.05) is 48.5 Å². The molecule has 1 N–H and O–H groups in total. The highest BCUT2D eigenvalue weighted by Crippen LogP contribution is 2.23. The molecule has 1 amide bonds. The van der Waals surface area contributed by atoms with Gasteiger partial charge in [0.25, 0.3) is 5.91 Å². The molecular weight excluding hydrogens is 274 g/mol. The van der Waals surface area contributed by atoms with E-state index >= 15 is 0 Å². The first-order valence-electron chi connectivity index (χ1n) is 7.70. The lowest BCUT2D eigenvalue weighted by Gasteiger charge is -2.14. The summed E-state index contributed by atoms with van der Waals surface area (Å²) in [6.07, 6.45) is 0.993. The minimum absolute atomic E-state index is 0.0118. The van der Waals surface area contributed by atoms with Gasteiger partial charge in [-0.15, -0.1) is 0 Å². The molecule has 0 atom stereocenters. The van der Waals surface area contributed by atoms with Gasteiger partial charge in [0.2, 0.25) is 0 Å². The molecule has 116 valence electrons. The Morgan fingerprint density at radius 3 is 2.41 bits per heavy atom. The monoisotopic (exact) mass is 297 g/mol. The van der Waals surface area contributed by atoms with Gasteiger partial charge in [0.05, 0.1) is 0 Å². The Hall–Kier alpha value is -2.29. The number of para-hydroxylation sites is 1. The number of benzene rings is 2. The molecule has 0 radical (unpaired) electrons. The van der Waals surface area contributed by atoms with Crippen LogP contribution in [0.1, 0.15) is 37.8 Å². The zero-order valence-electron chi connectivity index (χ0n) is 13.4. The third kappa shape index (κ3) is 4.35. The number of rotatable bonds is 6. The summed E-state index contributed by atoms with van der Waals surface area (Å²) in [5.41, 5.74) is 3.23. The number of anilines is 1. The number of carbonyl (C=O) groups excluding carboxylic acids is 1. The second-order valence-electron chi connectivity index (χ2n) is 5.58. The first-order chi connectivity index (χ1) is 10.6. The number of hydrogen-bond donors (Lipinski definition) is 1. The van der Waals surface area contributed by atoms with Crippen LogP contribution in [0, 0.1) is 0 Å². The lowest BCUT2D eigenvalue weighted by atomic mass is 10.0. The number of hydrogen-bond acceptors (Lipinski definition) is 2. The SMILES string of the molecule is CCc1ccc(OCC(=O)Nc2ccccc2C(C)C)cc1. The van der Waals surface area contributed by atoms with Gasteiger partial charge >= 0.3 is 0 Å². The minimum atomic E-state index is -0.146. The van der Waals surface area contributed by atoms with Crippen LogP contribution in [0.25, 0.3) is 0 Å². The molecule has 2 rings (SSSR count). The summed E-state index contributed by atoms with van der Waals surface area (Å²) in [6, 6.07) is 15.7. The molecule has 0 aliphatic heterocycles. The van der Waals surface area contributed by atoms with Crippen LogP contribution >= 0.6 is 0 Å². The smallest absolute Gasteiger partial charge is 0.262 e. The molecular formula is C19H23NO2. The van der Waals surface area contributed by atoms with Crippen molar-refractivity contribution >= 4 is 11.6 Å². The van der Waals surface area contributed by atoms with E-state index in [0.29, 0.717) is 11.7 Å². The Kier molecular flexibility index (Phi) is 5.59. The van der Waals surface area contributed by atoms with Crippen molar-refractivity contribution in [1.29, 1.82) is 0 Å². The van der Waals surface area contributed by atoms with Crippen LogP contribution in [0.15, 0.2) is 48.5 Å². The molecule has 0 saturated carbocycles. The summed E-state index contributed by atoms with van der Waals surface area (Å²) >= 11 is 0. The second kappa shape index (κ2) is 7.64. The van der Waals surface area contributed by atoms with E-state index in [2.05, 4.69) is 26.1 Å². The average Bonchev–Trinajstić information content (AvgIpc) is 2.53. The predicted molar refractivity (Wildman–Crippen MR) is 90.5 cm³/mol. The molecule has 0 fully saturated rings.